The lowest BCUT2D eigenvalue weighted by Crippen LogP contribution is -2.56. The molecule has 1 saturated carbocycles. The minimum absolute atomic E-state index is 0.0374. The molecule has 2 heterocycles. The number of carbonyl (C=O) groups is 2. The third kappa shape index (κ3) is 3.90. The molecule has 1 atom stereocenters. The van der Waals surface area contributed by atoms with Gasteiger partial charge in [-0.15, -0.1) is 0 Å². The Kier molecular flexibility index (Phi) is 5.11. The van der Waals surface area contributed by atoms with E-state index in [-0.39, 0.29) is 30.0 Å². The first-order valence-corrected chi connectivity index (χ1v) is 9.85. The summed E-state index contributed by atoms with van der Waals surface area (Å²) in [6.45, 7) is 1.64. The highest BCUT2D eigenvalue weighted by Crippen LogP contribution is 2.31. The molecule has 1 aromatic carbocycles. The summed E-state index contributed by atoms with van der Waals surface area (Å²) in [6, 6.07) is 6.62. The maximum atomic E-state index is 13.4. The Hall–Kier alpha value is -2.77. The average Bonchev–Trinajstić information content (AvgIpc) is 3.44. The minimum Gasteiger partial charge on any atom is -0.357 e. The number of halogens is 1. The van der Waals surface area contributed by atoms with Gasteiger partial charge in [0.05, 0.1) is 12.6 Å². The Bertz CT molecular complexity index is 879. The van der Waals surface area contributed by atoms with Crippen LogP contribution in [0.3, 0.4) is 0 Å². The number of piperidine rings is 1. The van der Waals surface area contributed by atoms with E-state index in [0.29, 0.717) is 13.1 Å². The fraction of sp³-hybridized carbons (Fsp3) is 0.500. The topological polar surface area (TPSA) is 80.5 Å². The summed E-state index contributed by atoms with van der Waals surface area (Å²) in [5, 5.41) is 6.58. The molecular formula is C20H26FN5O2. The van der Waals surface area contributed by atoms with Crippen LogP contribution in [0.15, 0.2) is 24.3 Å². The van der Waals surface area contributed by atoms with Crippen molar-refractivity contribution in [3.05, 3.63) is 35.8 Å². The Balaban J connectivity index is 1.41. The molecular weight excluding hydrogens is 361 g/mol. The van der Waals surface area contributed by atoms with Crippen LogP contribution in [0.5, 0.6) is 0 Å². The van der Waals surface area contributed by atoms with Gasteiger partial charge in [0, 0.05) is 37.4 Å². The molecule has 1 aliphatic carbocycles. The van der Waals surface area contributed by atoms with E-state index >= 15 is 0 Å². The first-order valence-electron chi connectivity index (χ1n) is 9.85. The Morgan fingerprint density at radius 2 is 2.07 bits per heavy atom. The van der Waals surface area contributed by atoms with Crippen molar-refractivity contribution in [1.29, 1.82) is 0 Å². The molecule has 2 aromatic rings. The molecule has 0 unspecified atom stereocenters. The number of fused-ring (bicyclic) bond motifs is 1. The number of carbonyl (C=O) groups excluding carboxylic acids is 2. The quantitative estimate of drug-likeness (QED) is 0.754. The number of nitrogens with one attached hydrogen (secondary N) is 3. The van der Waals surface area contributed by atoms with Crippen LogP contribution in [0, 0.1) is 5.82 Å². The molecule has 7 nitrogen and oxygen atoms in total. The lowest BCUT2D eigenvalue weighted by molar-refractivity contribution is 0.116. The van der Waals surface area contributed by atoms with Gasteiger partial charge in [0.1, 0.15) is 5.82 Å². The van der Waals surface area contributed by atoms with E-state index in [1.165, 1.54) is 12.1 Å². The van der Waals surface area contributed by atoms with Crippen LogP contribution in [0.2, 0.25) is 0 Å². The zero-order valence-electron chi connectivity index (χ0n) is 16.0. The summed E-state index contributed by atoms with van der Waals surface area (Å²) < 4.78 is 13.4. The molecule has 1 saturated heterocycles. The zero-order chi connectivity index (χ0) is 19.7. The van der Waals surface area contributed by atoms with Crippen LogP contribution in [-0.2, 0) is 6.54 Å². The predicted molar refractivity (Wildman–Crippen MR) is 104 cm³/mol. The van der Waals surface area contributed by atoms with Gasteiger partial charge >= 0.3 is 12.1 Å². The van der Waals surface area contributed by atoms with Crippen LogP contribution in [0.25, 0.3) is 10.9 Å². The first kappa shape index (κ1) is 18.6. The second-order valence-electron chi connectivity index (χ2n) is 7.62. The van der Waals surface area contributed by atoms with Crippen molar-refractivity contribution in [2.75, 3.05) is 20.1 Å². The van der Waals surface area contributed by atoms with Crippen molar-refractivity contribution in [1.82, 2.24) is 25.4 Å². The molecule has 0 bridgehead atoms. The molecule has 28 heavy (non-hydrogen) atoms. The Labute approximate surface area is 163 Å². The monoisotopic (exact) mass is 387 g/mol. The van der Waals surface area contributed by atoms with Crippen molar-refractivity contribution in [3.63, 3.8) is 0 Å². The van der Waals surface area contributed by atoms with Crippen molar-refractivity contribution < 1.29 is 14.0 Å². The second-order valence-corrected chi connectivity index (χ2v) is 7.62. The summed E-state index contributed by atoms with van der Waals surface area (Å²) in [5.74, 6) is -0.289. The molecule has 150 valence electrons. The number of aromatic nitrogens is 1. The maximum absolute atomic E-state index is 13.4. The number of rotatable bonds is 4. The normalized spacial score (nSPS) is 19.5. The van der Waals surface area contributed by atoms with Gasteiger partial charge in [0.2, 0.25) is 0 Å². The molecule has 0 radical (unpaired) electrons. The summed E-state index contributed by atoms with van der Waals surface area (Å²) >= 11 is 0. The van der Waals surface area contributed by atoms with E-state index in [1.807, 2.05) is 11.0 Å². The molecule has 1 aliphatic heterocycles. The molecule has 2 fully saturated rings. The Morgan fingerprint density at radius 3 is 2.82 bits per heavy atom. The largest absolute Gasteiger partial charge is 0.357 e. The van der Waals surface area contributed by atoms with Crippen molar-refractivity contribution in [3.8, 4) is 0 Å². The number of amides is 4. The summed E-state index contributed by atoms with van der Waals surface area (Å²) in [4.78, 5) is 31.8. The number of likely N-dealkylation sites (tertiary alicyclic amines) is 1. The van der Waals surface area contributed by atoms with E-state index in [0.717, 1.165) is 48.8 Å². The Morgan fingerprint density at radius 1 is 1.25 bits per heavy atom. The third-order valence-corrected chi connectivity index (χ3v) is 5.54. The molecule has 0 spiro atoms. The van der Waals surface area contributed by atoms with Gasteiger partial charge < -0.3 is 25.4 Å². The van der Waals surface area contributed by atoms with E-state index in [1.54, 1.807) is 18.0 Å². The average molecular weight is 387 g/mol. The van der Waals surface area contributed by atoms with Gasteiger partial charge in [-0.1, -0.05) is 0 Å². The standard InChI is InChI=1S/C20H26FN5O2/c1-22-19(27)25-8-2-3-17(12-25)26(16-6-7-16)20(28)23-11-15-9-13-4-5-14(21)10-18(13)24-15/h4-5,9-10,16-17,24H,2-3,6-8,11-12H2,1H3,(H,22,27)(H,23,28)/t17-/m1/s1. The van der Waals surface area contributed by atoms with Gasteiger partial charge in [-0.25, -0.2) is 14.0 Å². The highest BCUT2D eigenvalue weighted by molar-refractivity contribution is 5.81. The van der Waals surface area contributed by atoms with E-state index < -0.39 is 0 Å². The highest BCUT2D eigenvalue weighted by atomic mass is 19.1. The van der Waals surface area contributed by atoms with Crippen LogP contribution >= 0.6 is 0 Å². The number of aromatic amines is 1. The zero-order valence-corrected chi connectivity index (χ0v) is 16.0. The van der Waals surface area contributed by atoms with Crippen LogP contribution < -0.4 is 10.6 Å². The molecule has 8 heteroatoms. The number of nitrogens with zero attached hydrogens (tertiary/aromatic N) is 2. The number of urea groups is 2. The number of H-pyrrole nitrogens is 1. The van der Waals surface area contributed by atoms with Gasteiger partial charge in [0.25, 0.3) is 0 Å². The number of hydrogen-bond donors (Lipinski definition) is 3. The lowest BCUT2D eigenvalue weighted by atomic mass is 10.0. The number of hydrogen-bond acceptors (Lipinski definition) is 2. The van der Waals surface area contributed by atoms with Gasteiger partial charge in [0.15, 0.2) is 0 Å². The van der Waals surface area contributed by atoms with Crippen LogP contribution in [0.4, 0.5) is 14.0 Å². The van der Waals surface area contributed by atoms with E-state index in [4.69, 9.17) is 0 Å². The first-order chi connectivity index (χ1) is 13.5. The fourth-order valence-corrected chi connectivity index (χ4v) is 4.02. The maximum Gasteiger partial charge on any atom is 0.318 e. The fourth-order valence-electron chi connectivity index (χ4n) is 4.02. The van der Waals surface area contributed by atoms with Gasteiger partial charge in [-0.05, 0) is 55.3 Å². The van der Waals surface area contributed by atoms with Gasteiger partial charge in [-0.2, -0.15) is 0 Å². The van der Waals surface area contributed by atoms with Gasteiger partial charge in [-0.3, -0.25) is 0 Å². The van der Waals surface area contributed by atoms with Crippen LogP contribution in [0.1, 0.15) is 31.4 Å². The van der Waals surface area contributed by atoms with E-state index in [9.17, 15) is 14.0 Å². The predicted octanol–water partition coefficient (Wildman–Crippen LogP) is 2.78. The minimum atomic E-state index is -0.289. The molecule has 4 rings (SSSR count). The lowest BCUT2D eigenvalue weighted by Gasteiger charge is -2.39. The summed E-state index contributed by atoms with van der Waals surface area (Å²) in [7, 11) is 1.63. The smallest absolute Gasteiger partial charge is 0.318 e. The van der Waals surface area contributed by atoms with Crippen molar-refractivity contribution in [2.45, 2.75) is 44.3 Å². The van der Waals surface area contributed by atoms with Crippen LogP contribution in [-0.4, -0.2) is 59.1 Å². The van der Waals surface area contributed by atoms with E-state index in [2.05, 4.69) is 15.6 Å². The molecule has 1 aromatic heterocycles. The molecule has 3 N–H and O–H groups in total. The van der Waals surface area contributed by atoms with Crippen molar-refractivity contribution in [2.24, 2.45) is 0 Å². The molecule has 2 aliphatic rings. The van der Waals surface area contributed by atoms with Crippen molar-refractivity contribution >= 4 is 23.0 Å². The third-order valence-electron chi connectivity index (χ3n) is 5.54. The SMILES string of the molecule is CNC(=O)N1CCC[C@@H](N(C(=O)NCc2cc3ccc(F)cc3[nH]2)C2CC2)C1. The molecule has 4 amide bonds. The highest BCUT2D eigenvalue weighted by Gasteiger charge is 2.39. The summed E-state index contributed by atoms with van der Waals surface area (Å²) in [5.41, 5.74) is 1.55. The second kappa shape index (κ2) is 7.69. The number of benzene rings is 1. The summed E-state index contributed by atoms with van der Waals surface area (Å²) in [6.07, 6.45) is 3.82.